The van der Waals surface area contributed by atoms with Crippen molar-refractivity contribution in [2.75, 3.05) is 24.9 Å². The molecule has 0 fully saturated rings. The van der Waals surface area contributed by atoms with Crippen LogP contribution in [0.1, 0.15) is 0 Å². The molecule has 0 aliphatic rings. The van der Waals surface area contributed by atoms with Crippen molar-refractivity contribution in [3.05, 3.63) is 23.2 Å². The molecule has 2 amide bonds. The summed E-state index contributed by atoms with van der Waals surface area (Å²) in [6, 6.07) is 4.57. The Bertz CT molecular complexity index is 436. The number of carbonyl (C=O) groups excluding carboxylic acids is 2. The number of amides is 2. The molecule has 0 aliphatic carbocycles. The van der Waals surface area contributed by atoms with Crippen LogP contribution < -0.4 is 10.6 Å². The second kappa shape index (κ2) is 5.95. The van der Waals surface area contributed by atoms with Gasteiger partial charge >= 0.3 is 12.2 Å². The zero-order chi connectivity index (χ0) is 12.8. The number of ether oxygens (including phenoxy) is 2. The van der Waals surface area contributed by atoms with Gasteiger partial charge in [0.15, 0.2) is 0 Å². The van der Waals surface area contributed by atoms with Crippen LogP contribution in [0.2, 0.25) is 5.02 Å². The molecule has 1 aromatic carbocycles. The first kappa shape index (κ1) is 13.1. The van der Waals surface area contributed by atoms with Gasteiger partial charge in [-0.3, -0.25) is 10.6 Å². The Morgan fingerprint density at radius 2 is 1.59 bits per heavy atom. The summed E-state index contributed by atoms with van der Waals surface area (Å²) in [5, 5.41) is 5.25. The molecule has 0 heterocycles. The van der Waals surface area contributed by atoms with Crippen molar-refractivity contribution in [2.24, 2.45) is 0 Å². The Balaban J connectivity index is 2.95. The Morgan fingerprint density at radius 1 is 1.06 bits per heavy atom. The van der Waals surface area contributed by atoms with Crippen LogP contribution in [-0.2, 0) is 9.47 Å². The van der Waals surface area contributed by atoms with Gasteiger partial charge in [-0.25, -0.2) is 9.59 Å². The fourth-order valence-electron chi connectivity index (χ4n) is 1.05. The number of hydrogen-bond donors (Lipinski definition) is 2. The summed E-state index contributed by atoms with van der Waals surface area (Å²) < 4.78 is 8.89. The Labute approximate surface area is 103 Å². The standard InChI is InChI=1S/C10H11ClN2O4/c1-16-9(14)12-7-4-3-6(11)5-8(7)13-10(15)17-2/h3-5H,1-2H3,(H,12,14)(H,13,15). The smallest absolute Gasteiger partial charge is 0.411 e. The van der Waals surface area contributed by atoms with E-state index in [1.165, 1.54) is 26.4 Å². The zero-order valence-corrected chi connectivity index (χ0v) is 10.00. The van der Waals surface area contributed by atoms with Gasteiger partial charge in [0.25, 0.3) is 0 Å². The first-order chi connectivity index (χ1) is 8.06. The Morgan fingerprint density at radius 3 is 2.12 bits per heavy atom. The average Bonchev–Trinajstić information content (AvgIpc) is 2.32. The lowest BCUT2D eigenvalue weighted by Gasteiger charge is -2.11. The molecule has 92 valence electrons. The maximum Gasteiger partial charge on any atom is 0.411 e. The predicted octanol–water partition coefficient (Wildman–Crippen LogP) is 2.70. The van der Waals surface area contributed by atoms with E-state index in [2.05, 4.69) is 20.1 Å². The molecule has 0 aromatic heterocycles. The van der Waals surface area contributed by atoms with Gasteiger partial charge in [-0.15, -0.1) is 0 Å². The van der Waals surface area contributed by atoms with E-state index in [-0.39, 0.29) is 0 Å². The largest absolute Gasteiger partial charge is 0.453 e. The number of carbonyl (C=O) groups is 2. The van der Waals surface area contributed by atoms with Crippen LogP contribution in [0.4, 0.5) is 21.0 Å². The topological polar surface area (TPSA) is 76.7 Å². The van der Waals surface area contributed by atoms with E-state index in [9.17, 15) is 9.59 Å². The van der Waals surface area contributed by atoms with Crippen LogP contribution in [0, 0.1) is 0 Å². The van der Waals surface area contributed by atoms with Crippen LogP contribution in [0.15, 0.2) is 18.2 Å². The molecule has 0 bridgehead atoms. The predicted molar refractivity (Wildman–Crippen MR) is 63.5 cm³/mol. The zero-order valence-electron chi connectivity index (χ0n) is 9.24. The molecular weight excluding hydrogens is 248 g/mol. The molecule has 17 heavy (non-hydrogen) atoms. The monoisotopic (exact) mass is 258 g/mol. The van der Waals surface area contributed by atoms with Crippen LogP contribution >= 0.6 is 11.6 Å². The number of methoxy groups -OCH3 is 2. The Kier molecular flexibility index (Phi) is 4.59. The van der Waals surface area contributed by atoms with Crippen LogP contribution in [0.5, 0.6) is 0 Å². The number of nitrogens with one attached hydrogen (secondary N) is 2. The van der Waals surface area contributed by atoms with Crippen molar-refractivity contribution >= 4 is 35.2 Å². The van der Waals surface area contributed by atoms with Crippen molar-refractivity contribution in [3.8, 4) is 0 Å². The highest BCUT2D eigenvalue weighted by atomic mass is 35.5. The van der Waals surface area contributed by atoms with E-state index in [0.29, 0.717) is 16.4 Å². The van der Waals surface area contributed by atoms with Gasteiger partial charge in [0.1, 0.15) is 0 Å². The van der Waals surface area contributed by atoms with Gasteiger partial charge in [-0.05, 0) is 18.2 Å². The number of anilines is 2. The van der Waals surface area contributed by atoms with E-state index in [4.69, 9.17) is 11.6 Å². The molecule has 2 N–H and O–H groups in total. The molecule has 0 saturated heterocycles. The molecule has 0 radical (unpaired) electrons. The number of rotatable bonds is 2. The lowest BCUT2D eigenvalue weighted by Crippen LogP contribution is -2.16. The van der Waals surface area contributed by atoms with Gasteiger partial charge in [-0.1, -0.05) is 11.6 Å². The SMILES string of the molecule is COC(=O)Nc1ccc(Cl)cc1NC(=O)OC. The molecule has 0 spiro atoms. The van der Waals surface area contributed by atoms with E-state index in [1.54, 1.807) is 6.07 Å². The first-order valence-electron chi connectivity index (χ1n) is 4.56. The van der Waals surface area contributed by atoms with Gasteiger partial charge < -0.3 is 9.47 Å². The van der Waals surface area contributed by atoms with Gasteiger partial charge in [0.2, 0.25) is 0 Å². The summed E-state index contributed by atoms with van der Waals surface area (Å²) >= 11 is 5.78. The summed E-state index contributed by atoms with van der Waals surface area (Å²) in [5.74, 6) is 0. The van der Waals surface area contributed by atoms with Crippen LogP contribution in [0.25, 0.3) is 0 Å². The minimum atomic E-state index is -0.666. The fourth-order valence-corrected chi connectivity index (χ4v) is 1.22. The van der Waals surface area contributed by atoms with Crippen molar-refractivity contribution in [1.82, 2.24) is 0 Å². The first-order valence-corrected chi connectivity index (χ1v) is 4.94. The van der Waals surface area contributed by atoms with Crippen LogP contribution in [0.3, 0.4) is 0 Å². The number of benzene rings is 1. The Hall–Kier alpha value is -1.95. The normalized spacial score (nSPS) is 9.35. The quantitative estimate of drug-likeness (QED) is 0.855. The minimum absolute atomic E-state index is 0.315. The lowest BCUT2D eigenvalue weighted by atomic mass is 10.2. The van der Waals surface area contributed by atoms with E-state index < -0.39 is 12.2 Å². The molecule has 0 atom stereocenters. The average molecular weight is 259 g/mol. The summed E-state index contributed by atoms with van der Waals surface area (Å²) in [7, 11) is 2.46. The van der Waals surface area contributed by atoms with Crippen LogP contribution in [-0.4, -0.2) is 26.4 Å². The van der Waals surface area contributed by atoms with Crippen molar-refractivity contribution < 1.29 is 19.1 Å². The maximum absolute atomic E-state index is 11.1. The summed E-state index contributed by atoms with van der Waals surface area (Å²) in [5.41, 5.74) is 0.668. The minimum Gasteiger partial charge on any atom is -0.453 e. The van der Waals surface area contributed by atoms with E-state index in [0.717, 1.165) is 0 Å². The van der Waals surface area contributed by atoms with E-state index >= 15 is 0 Å². The maximum atomic E-state index is 11.1. The highest BCUT2D eigenvalue weighted by molar-refractivity contribution is 6.31. The third kappa shape index (κ3) is 3.84. The third-order valence-electron chi connectivity index (χ3n) is 1.83. The van der Waals surface area contributed by atoms with Crippen molar-refractivity contribution in [3.63, 3.8) is 0 Å². The molecule has 1 aromatic rings. The second-order valence-electron chi connectivity index (χ2n) is 2.92. The van der Waals surface area contributed by atoms with Crippen molar-refractivity contribution in [2.45, 2.75) is 0 Å². The molecule has 6 nitrogen and oxygen atoms in total. The van der Waals surface area contributed by atoms with Gasteiger partial charge in [-0.2, -0.15) is 0 Å². The molecule has 7 heteroatoms. The molecule has 1 rings (SSSR count). The molecular formula is C10H11ClN2O4. The number of hydrogen-bond acceptors (Lipinski definition) is 4. The highest BCUT2D eigenvalue weighted by Gasteiger charge is 2.10. The third-order valence-corrected chi connectivity index (χ3v) is 2.06. The molecule has 0 saturated carbocycles. The summed E-state index contributed by atoms with van der Waals surface area (Å²) in [6.45, 7) is 0. The molecule has 0 unspecified atom stereocenters. The summed E-state index contributed by atoms with van der Waals surface area (Å²) in [4.78, 5) is 22.1. The number of halogens is 1. The second-order valence-corrected chi connectivity index (χ2v) is 3.36. The van der Waals surface area contributed by atoms with Crippen molar-refractivity contribution in [1.29, 1.82) is 0 Å². The highest BCUT2D eigenvalue weighted by Crippen LogP contribution is 2.26. The van der Waals surface area contributed by atoms with E-state index in [1.807, 2.05) is 0 Å². The lowest BCUT2D eigenvalue weighted by molar-refractivity contribution is 0.185. The fraction of sp³-hybridized carbons (Fsp3) is 0.200. The van der Waals surface area contributed by atoms with Gasteiger partial charge in [0, 0.05) is 5.02 Å². The molecule has 0 aliphatic heterocycles. The summed E-state index contributed by atoms with van der Waals surface area (Å²) in [6.07, 6.45) is -1.32. The van der Waals surface area contributed by atoms with Gasteiger partial charge in [0.05, 0.1) is 25.6 Å².